The van der Waals surface area contributed by atoms with E-state index in [1.807, 2.05) is 42.5 Å². The van der Waals surface area contributed by atoms with E-state index in [-0.39, 0.29) is 22.6 Å². The van der Waals surface area contributed by atoms with E-state index in [1.54, 1.807) is 0 Å². The lowest BCUT2D eigenvalue weighted by Gasteiger charge is -2.34. The topological polar surface area (TPSA) is 63.2 Å². The Bertz CT molecular complexity index is 2690. The van der Waals surface area contributed by atoms with Crippen LogP contribution in [0.15, 0.2) is 91.0 Å². The fraction of sp³-hybridized carbons (Fsp3) is 0.182. The molecule has 2 heterocycles. The smallest absolute Gasteiger partial charge is 0.265 e. The number of hydrogen-bond acceptors (Lipinski definition) is 4. The van der Waals surface area contributed by atoms with Crippen molar-refractivity contribution in [3.63, 3.8) is 0 Å². The molecule has 2 aliphatic rings. The third kappa shape index (κ3) is 3.60. The van der Waals surface area contributed by atoms with Crippen LogP contribution < -0.4 is 4.90 Å². The van der Waals surface area contributed by atoms with Crippen LogP contribution in [0.25, 0.3) is 76.6 Å². The van der Waals surface area contributed by atoms with Crippen LogP contribution >= 0.6 is 0 Å². The lowest BCUT2D eigenvalue weighted by Crippen LogP contribution is -2.42. The van der Waals surface area contributed by atoms with Gasteiger partial charge in [0, 0.05) is 33.0 Å². The Hall–Kier alpha value is -5.68. The summed E-state index contributed by atoms with van der Waals surface area (Å²) in [4.78, 5) is 40.8. The van der Waals surface area contributed by atoms with Gasteiger partial charge in [-0.05, 0) is 84.6 Å². The van der Waals surface area contributed by atoms with Gasteiger partial charge in [0.25, 0.3) is 11.8 Å². The minimum atomic E-state index is -0.281. The SMILES string of the molecule is CC(C)(C)c1ccc(C(C)(C)C)c(N2C(=O)c3ccc4c5ccc6c7c(ccc(c8ccc(c3c48)C2=O)c75)-c2nc3ccccc3nc2-6)c1. The maximum atomic E-state index is 14.6. The largest absolute Gasteiger partial charge is 0.268 e. The van der Waals surface area contributed by atoms with Gasteiger partial charge in [-0.15, -0.1) is 0 Å². The molecule has 0 saturated carbocycles. The van der Waals surface area contributed by atoms with Crippen molar-refractivity contribution in [3.8, 4) is 22.5 Å². The lowest BCUT2D eigenvalue weighted by molar-refractivity contribution is 0.0893. The highest BCUT2D eigenvalue weighted by atomic mass is 16.2. The summed E-state index contributed by atoms with van der Waals surface area (Å²) in [6, 6.07) is 31.0. The van der Waals surface area contributed by atoms with Gasteiger partial charge in [-0.1, -0.05) is 102 Å². The van der Waals surface area contributed by atoms with E-state index in [0.717, 1.165) is 82.4 Å². The zero-order valence-electron chi connectivity index (χ0n) is 28.3. The second-order valence-corrected chi connectivity index (χ2v) is 15.7. The van der Waals surface area contributed by atoms with E-state index < -0.39 is 0 Å². The molecule has 49 heavy (non-hydrogen) atoms. The Morgan fingerprint density at radius 1 is 0.490 bits per heavy atom. The van der Waals surface area contributed by atoms with Gasteiger partial charge in [0.1, 0.15) is 0 Å². The third-order valence-electron chi connectivity index (χ3n) is 10.8. The number of rotatable bonds is 1. The Morgan fingerprint density at radius 3 is 1.39 bits per heavy atom. The number of carbonyl (C=O) groups is 2. The van der Waals surface area contributed by atoms with Gasteiger partial charge in [-0.25, -0.2) is 14.9 Å². The number of amides is 2. The maximum Gasteiger partial charge on any atom is 0.265 e. The maximum absolute atomic E-state index is 14.6. The molecule has 0 N–H and O–H groups in total. The van der Waals surface area contributed by atoms with Crippen molar-refractivity contribution in [1.82, 2.24) is 9.97 Å². The zero-order chi connectivity index (χ0) is 33.7. The normalized spacial score (nSPS) is 14.4. The summed E-state index contributed by atoms with van der Waals surface area (Å²) in [5.41, 5.74) is 9.15. The van der Waals surface area contributed by atoms with Gasteiger partial charge in [-0.3, -0.25) is 9.59 Å². The molecule has 0 saturated heterocycles. The highest BCUT2D eigenvalue weighted by Gasteiger charge is 2.38. The van der Waals surface area contributed by atoms with Crippen LogP contribution in [0.3, 0.4) is 0 Å². The first-order valence-electron chi connectivity index (χ1n) is 16.9. The number of imide groups is 1. The highest BCUT2D eigenvalue weighted by molar-refractivity contribution is 6.43. The summed E-state index contributed by atoms with van der Waals surface area (Å²) in [6.07, 6.45) is 0. The van der Waals surface area contributed by atoms with Crippen LogP contribution in [0.2, 0.25) is 0 Å². The van der Waals surface area contributed by atoms with Crippen molar-refractivity contribution in [2.24, 2.45) is 0 Å². The fourth-order valence-electron chi connectivity index (χ4n) is 8.38. The molecule has 5 heteroatoms. The predicted molar refractivity (Wildman–Crippen MR) is 200 cm³/mol. The van der Waals surface area contributed by atoms with Gasteiger partial charge in [0.15, 0.2) is 0 Å². The number of anilines is 1. The predicted octanol–water partition coefficient (Wildman–Crippen LogP) is 10.7. The Balaban J connectivity index is 1.24. The van der Waals surface area contributed by atoms with Crippen molar-refractivity contribution < 1.29 is 9.59 Å². The molecule has 0 fully saturated rings. The summed E-state index contributed by atoms with van der Waals surface area (Å²) >= 11 is 0. The van der Waals surface area contributed by atoms with Crippen LogP contribution in [0.5, 0.6) is 0 Å². The fourth-order valence-corrected chi connectivity index (χ4v) is 8.38. The van der Waals surface area contributed by atoms with E-state index in [9.17, 15) is 9.59 Å². The van der Waals surface area contributed by atoms with Gasteiger partial charge in [-0.2, -0.15) is 0 Å². The second-order valence-electron chi connectivity index (χ2n) is 15.7. The molecule has 1 aliphatic carbocycles. The lowest BCUT2D eigenvalue weighted by atomic mass is 9.80. The number of para-hydroxylation sites is 2. The van der Waals surface area contributed by atoms with Crippen molar-refractivity contribution in [1.29, 1.82) is 0 Å². The van der Waals surface area contributed by atoms with Crippen LogP contribution in [0, 0.1) is 0 Å². The monoisotopic (exact) mass is 635 g/mol. The molecule has 0 unspecified atom stereocenters. The third-order valence-corrected chi connectivity index (χ3v) is 10.8. The first-order chi connectivity index (χ1) is 23.4. The number of carbonyl (C=O) groups excluding carboxylic acids is 2. The average Bonchev–Trinajstić information content (AvgIpc) is 3.39. The summed E-state index contributed by atoms with van der Waals surface area (Å²) in [5.74, 6) is -0.561. The molecule has 5 nitrogen and oxygen atoms in total. The molecular weight excluding hydrogens is 603 g/mol. The van der Waals surface area contributed by atoms with E-state index in [4.69, 9.17) is 9.97 Å². The van der Waals surface area contributed by atoms with Crippen molar-refractivity contribution in [2.75, 3.05) is 4.90 Å². The number of fused-ring (bicyclic) bond motifs is 6. The van der Waals surface area contributed by atoms with Crippen molar-refractivity contribution in [3.05, 3.63) is 113 Å². The van der Waals surface area contributed by atoms with Gasteiger partial charge >= 0.3 is 0 Å². The van der Waals surface area contributed by atoms with E-state index in [2.05, 4.69) is 90.1 Å². The van der Waals surface area contributed by atoms with Gasteiger partial charge in [0.2, 0.25) is 0 Å². The van der Waals surface area contributed by atoms with Crippen LogP contribution in [-0.2, 0) is 10.8 Å². The van der Waals surface area contributed by atoms with Crippen LogP contribution in [-0.4, -0.2) is 21.8 Å². The second kappa shape index (κ2) is 9.06. The minimum Gasteiger partial charge on any atom is -0.268 e. The average molecular weight is 636 g/mol. The van der Waals surface area contributed by atoms with E-state index in [1.165, 1.54) is 10.3 Å². The minimum absolute atomic E-state index is 0.150. The molecule has 2 amide bonds. The number of nitrogens with zero attached hydrogens (tertiary/aromatic N) is 3. The summed E-state index contributed by atoms with van der Waals surface area (Å²) in [6.45, 7) is 12.8. The molecule has 236 valence electrons. The van der Waals surface area contributed by atoms with E-state index >= 15 is 0 Å². The summed E-state index contributed by atoms with van der Waals surface area (Å²) < 4.78 is 0. The van der Waals surface area contributed by atoms with Gasteiger partial charge in [0.05, 0.1) is 28.1 Å². The molecule has 0 bridgehead atoms. The number of aromatic nitrogens is 2. The Morgan fingerprint density at radius 2 is 0.939 bits per heavy atom. The zero-order valence-corrected chi connectivity index (χ0v) is 28.3. The highest BCUT2D eigenvalue weighted by Crippen LogP contribution is 2.52. The quantitative estimate of drug-likeness (QED) is 0.102. The Kier molecular flexibility index (Phi) is 5.24. The first-order valence-corrected chi connectivity index (χ1v) is 16.9. The molecule has 7 aromatic carbocycles. The molecule has 1 aliphatic heterocycles. The number of benzene rings is 7. The van der Waals surface area contributed by atoms with Crippen LogP contribution in [0.4, 0.5) is 5.69 Å². The molecule has 1 aromatic heterocycles. The number of hydrogen-bond donors (Lipinski definition) is 0. The molecule has 8 aromatic rings. The summed E-state index contributed by atoms with van der Waals surface area (Å²) in [5, 5.41) is 8.29. The molecular formula is C44H33N3O2. The molecule has 10 rings (SSSR count). The molecule has 0 atom stereocenters. The van der Waals surface area contributed by atoms with Crippen molar-refractivity contribution >= 4 is 71.6 Å². The standard InChI is InChI=1S/C44H33N3O2/c1-43(2,3)22-11-20-31(44(4,5)6)34(21-22)47-41(48)29-18-14-25-23-12-16-27-37-28(40-39(27)45-32-9-7-8-10-33(32)46-40)17-13-24(35(23)37)26-15-19-30(42(47)49)38(29)36(25)26/h7-21H,1-6H3. The Labute approximate surface area is 283 Å². The van der Waals surface area contributed by atoms with E-state index in [0.29, 0.717) is 16.8 Å². The van der Waals surface area contributed by atoms with Gasteiger partial charge < -0.3 is 0 Å². The first kappa shape index (κ1) is 28.3. The molecule has 0 radical (unpaired) electrons. The van der Waals surface area contributed by atoms with Crippen molar-refractivity contribution in [2.45, 2.75) is 52.4 Å². The van der Waals surface area contributed by atoms with Crippen LogP contribution in [0.1, 0.15) is 73.4 Å². The molecule has 0 spiro atoms. The summed E-state index contributed by atoms with van der Waals surface area (Å²) in [7, 11) is 0.